The van der Waals surface area contributed by atoms with Gasteiger partial charge in [-0.25, -0.2) is 4.98 Å². The fraction of sp³-hybridized carbons (Fsp3) is 0. The first-order chi connectivity index (χ1) is 9.56. The molecule has 0 atom stereocenters. The molecule has 2 N–H and O–H groups in total. The van der Waals surface area contributed by atoms with E-state index >= 15 is 0 Å². The van der Waals surface area contributed by atoms with Crippen molar-refractivity contribution in [3.8, 4) is 11.3 Å². The van der Waals surface area contributed by atoms with E-state index in [0.717, 1.165) is 0 Å². The van der Waals surface area contributed by atoms with Crippen LogP contribution in [0.25, 0.3) is 17.3 Å². The van der Waals surface area contributed by atoms with E-state index in [9.17, 15) is 14.9 Å². The van der Waals surface area contributed by atoms with Crippen molar-refractivity contribution in [1.82, 2.24) is 4.98 Å². The lowest BCUT2D eigenvalue weighted by Gasteiger charge is -2.02. The van der Waals surface area contributed by atoms with Gasteiger partial charge in [0.25, 0.3) is 5.69 Å². The molecule has 1 heterocycles. The van der Waals surface area contributed by atoms with E-state index in [1.807, 2.05) is 0 Å². The number of rotatable bonds is 4. The van der Waals surface area contributed by atoms with E-state index in [2.05, 4.69) is 4.98 Å². The number of hydrogen-bond acceptors (Lipinski definition) is 4. The van der Waals surface area contributed by atoms with Crippen molar-refractivity contribution in [3.05, 3.63) is 64.3 Å². The van der Waals surface area contributed by atoms with Crippen LogP contribution in [-0.4, -0.2) is 15.8 Å². The predicted molar refractivity (Wildman–Crippen MR) is 74.6 cm³/mol. The van der Waals surface area contributed by atoms with Gasteiger partial charge in [0.05, 0.1) is 16.3 Å². The molecule has 0 saturated heterocycles. The summed E-state index contributed by atoms with van der Waals surface area (Å²) in [6.45, 7) is 0. The molecule has 100 valence electrons. The van der Waals surface area contributed by atoms with Crippen molar-refractivity contribution < 1.29 is 9.72 Å². The molecule has 2 rings (SSSR count). The number of hydrogen-bond donors (Lipinski definition) is 1. The number of benzene rings is 1. The van der Waals surface area contributed by atoms with Crippen molar-refractivity contribution in [2.45, 2.75) is 0 Å². The zero-order chi connectivity index (χ0) is 14.5. The molecule has 6 heteroatoms. The highest BCUT2D eigenvalue weighted by Crippen LogP contribution is 2.22. The van der Waals surface area contributed by atoms with Crippen LogP contribution in [0.15, 0.2) is 48.5 Å². The lowest BCUT2D eigenvalue weighted by molar-refractivity contribution is -0.384. The molecular weight excluding hydrogens is 258 g/mol. The monoisotopic (exact) mass is 269 g/mol. The van der Waals surface area contributed by atoms with Crippen LogP contribution < -0.4 is 5.73 Å². The Bertz CT molecular complexity index is 696. The summed E-state index contributed by atoms with van der Waals surface area (Å²) >= 11 is 0. The highest BCUT2D eigenvalue weighted by Gasteiger charge is 2.07. The molecular formula is C14H11N3O3. The smallest absolute Gasteiger partial charge is 0.270 e. The standard InChI is InChI=1S/C14H11N3O3/c15-14(18)8-7-11-4-2-6-13(16-11)10-3-1-5-12(9-10)17(19)20/h1-9H,(H2,15,18)/b8-7-. The van der Waals surface area contributed by atoms with E-state index in [-0.39, 0.29) is 5.69 Å². The first kappa shape index (κ1) is 13.4. The Morgan fingerprint density at radius 1 is 1.25 bits per heavy atom. The fourth-order valence-corrected chi connectivity index (χ4v) is 1.65. The van der Waals surface area contributed by atoms with Crippen LogP contribution >= 0.6 is 0 Å². The first-order valence-electron chi connectivity index (χ1n) is 5.75. The van der Waals surface area contributed by atoms with Crippen molar-refractivity contribution in [1.29, 1.82) is 0 Å². The summed E-state index contributed by atoms with van der Waals surface area (Å²) in [5.41, 5.74) is 6.78. The van der Waals surface area contributed by atoms with E-state index in [0.29, 0.717) is 17.0 Å². The Labute approximate surface area is 114 Å². The molecule has 0 radical (unpaired) electrons. The van der Waals surface area contributed by atoms with Gasteiger partial charge in [0.15, 0.2) is 0 Å². The number of nitrogens with zero attached hydrogens (tertiary/aromatic N) is 2. The third-order valence-corrected chi connectivity index (χ3v) is 2.54. The number of pyridine rings is 1. The molecule has 0 unspecified atom stereocenters. The summed E-state index contributed by atoms with van der Waals surface area (Å²) in [6.07, 6.45) is 2.70. The molecule has 20 heavy (non-hydrogen) atoms. The molecule has 1 aromatic carbocycles. The summed E-state index contributed by atoms with van der Waals surface area (Å²) < 4.78 is 0. The quantitative estimate of drug-likeness (QED) is 0.522. The lowest BCUT2D eigenvalue weighted by Crippen LogP contribution is -2.05. The zero-order valence-corrected chi connectivity index (χ0v) is 10.4. The molecule has 0 bridgehead atoms. The number of carbonyl (C=O) groups is 1. The van der Waals surface area contributed by atoms with Gasteiger partial charge in [-0.2, -0.15) is 0 Å². The molecule has 1 aromatic heterocycles. The minimum atomic E-state index is -0.562. The zero-order valence-electron chi connectivity index (χ0n) is 10.4. The van der Waals surface area contributed by atoms with Crippen molar-refractivity contribution in [2.24, 2.45) is 5.73 Å². The SMILES string of the molecule is NC(=O)/C=C\c1cccc(-c2cccc([N+](=O)[O-])c2)n1. The number of carbonyl (C=O) groups excluding carboxylic acids is 1. The van der Waals surface area contributed by atoms with Crippen molar-refractivity contribution in [2.75, 3.05) is 0 Å². The van der Waals surface area contributed by atoms with Gasteiger partial charge in [0.1, 0.15) is 0 Å². The average molecular weight is 269 g/mol. The second-order valence-corrected chi connectivity index (χ2v) is 3.99. The Morgan fingerprint density at radius 2 is 2.00 bits per heavy atom. The molecule has 6 nitrogen and oxygen atoms in total. The first-order valence-corrected chi connectivity index (χ1v) is 5.75. The van der Waals surface area contributed by atoms with E-state index in [4.69, 9.17) is 5.73 Å². The molecule has 0 aliphatic rings. The Kier molecular flexibility index (Phi) is 3.85. The summed E-state index contributed by atoms with van der Waals surface area (Å²) in [7, 11) is 0. The third-order valence-electron chi connectivity index (χ3n) is 2.54. The van der Waals surface area contributed by atoms with Crippen LogP contribution in [0.5, 0.6) is 0 Å². The van der Waals surface area contributed by atoms with Crippen LogP contribution in [-0.2, 0) is 4.79 Å². The molecule has 1 amide bonds. The summed E-state index contributed by atoms with van der Waals surface area (Å²) in [6, 6.07) is 11.4. The second kappa shape index (κ2) is 5.75. The lowest BCUT2D eigenvalue weighted by atomic mass is 10.1. The van der Waals surface area contributed by atoms with Crippen molar-refractivity contribution in [3.63, 3.8) is 0 Å². The fourth-order valence-electron chi connectivity index (χ4n) is 1.65. The number of primary amides is 1. The number of nitrogens with two attached hydrogens (primary N) is 1. The van der Waals surface area contributed by atoms with Gasteiger partial charge in [-0.3, -0.25) is 14.9 Å². The molecule has 0 aliphatic carbocycles. The summed E-state index contributed by atoms with van der Waals surface area (Å²) in [4.78, 5) is 25.3. The largest absolute Gasteiger partial charge is 0.366 e. The van der Waals surface area contributed by atoms with E-state index in [1.165, 1.54) is 24.3 Å². The summed E-state index contributed by atoms with van der Waals surface area (Å²) in [5, 5.41) is 10.8. The van der Waals surface area contributed by atoms with E-state index in [1.54, 1.807) is 30.3 Å². The molecule has 0 spiro atoms. The molecule has 0 aliphatic heterocycles. The number of amides is 1. The maximum Gasteiger partial charge on any atom is 0.270 e. The van der Waals surface area contributed by atoms with Gasteiger partial charge in [0.2, 0.25) is 5.91 Å². The average Bonchev–Trinajstić information content (AvgIpc) is 2.45. The number of nitro groups is 1. The molecule has 2 aromatic rings. The predicted octanol–water partition coefficient (Wildman–Crippen LogP) is 2.16. The maximum absolute atomic E-state index is 10.8. The topological polar surface area (TPSA) is 99.1 Å². The molecule has 0 fully saturated rings. The Morgan fingerprint density at radius 3 is 2.70 bits per heavy atom. The van der Waals surface area contributed by atoms with Gasteiger partial charge < -0.3 is 5.73 Å². The minimum Gasteiger partial charge on any atom is -0.366 e. The minimum absolute atomic E-state index is 0.00220. The van der Waals surface area contributed by atoms with Gasteiger partial charge in [-0.05, 0) is 18.2 Å². The van der Waals surface area contributed by atoms with Gasteiger partial charge in [0, 0.05) is 23.8 Å². The van der Waals surface area contributed by atoms with E-state index < -0.39 is 10.8 Å². The van der Waals surface area contributed by atoms with Crippen LogP contribution in [0.3, 0.4) is 0 Å². The Hall–Kier alpha value is -3.02. The maximum atomic E-state index is 10.8. The second-order valence-electron chi connectivity index (χ2n) is 3.99. The normalized spacial score (nSPS) is 10.6. The van der Waals surface area contributed by atoms with Gasteiger partial charge in [-0.15, -0.1) is 0 Å². The van der Waals surface area contributed by atoms with Crippen LogP contribution in [0.1, 0.15) is 5.69 Å². The number of aromatic nitrogens is 1. The molecule has 0 saturated carbocycles. The van der Waals surface area contributed by atoms with Gasteiger partial charge in [-0.1, -0.05) is 18.2 Å². The highest BCUT2D eigenvalue weighted by atomic mass is 16.6. The van der Waals surface area contributed by atoms with Crippen LogP contribution in [0, 0.1) is 10.1 Å². The van der Waals surface area contributed by atoms with Crippen LogP contribution in [0.2, 0.25) is 0 Å². The van der Waals surface area contributed by atoms with Crippen LogP contribution in [0.4, 0.5) is 5.69 Å². The van der Waals surface area contributed by atoms with Crippen molar-refractivity contribution >= 4 is 17.7 Å². The van der Waals surface area contributed by atoms with Gasteiger partial charge >= 0.3 is 0 Å². The number of non-ortho nitro benzene ring substituents is 1. The number of nitro benzene ring substituents is 1. The Balaban J connectivity index is 2.38. The highest BCUT2D eigenvalue weighted by molar-refractivity contribution is 5.90. The summed E-state index contributed by atoms with van der Waals surface area (Å²) in [5.74, 6) is -0.562. The third kappa shape index (κ3) is 3.26.